The Balaban J connectivity index is 3.56. The van der Waals surface area contributed by atoms with Gasteiger partial charge in [0.1, 0.15) is 30.8 Å². The van der Waals surface area contributed by atoms with Crippen molar-refractivity contribution in [2.24, 2.45) is 11.7 Å². The summed E-state index contributed by atoms with van der Waals surface area (Å²) >= 11 is 0. The van der Waals surface area contributed by atoms with Gasteiger partial charge in [-0.15, -0.1) is 0 Å². The maximum absolute atomic E-state index is 13.3. The number of amides is 3. The molecule has 9 atom stereocenters. The summed E-state index contributed by atoms with van der Waals surface area (Å²) in [6.07, 6.45) is -6.96. The fraction of sp³-hybridized carbons (Fsp3) is 0.731. The van der Waals surface area contributed by atoms with E-state index in [1.165, 1.54) is 13.8 Å². The molecule has 6 N–H and O–H groups in total. The van der Waals surface area contributed by atoms with Crippen molar-refractivity contribution in [3.05, 3.63) is 0 Å². The van der Waals surface area contributed by atoms with E-state index in [-0.39, 0.29) is 0 Å². The SMILES string of the molecule is CC(=O)N[C@H]1[C@@H](O[C@H](C)[C@H](NC(=O)[C@H](C)N)C(=O)N[C@H](C(=O)O)C(C)C)O[C@H](COC(C)=O)[C@H](OC(C)=O)[C@@H]1OC(C)=O. The summed E-state index contributed by atoms with van der Waals surface area (Å²) < 4.78 is 27.7. The molecule has 0 aromatic heterocycles. The smallest absolute Gasteiger partial charge is 0.326 e. The Morgan fingerprint density at radius 3 is 1.79 bits per heavy atom. The molecule has 3 amide bonds. The van der Waals surface area contributed by atoms with Gasteiger partial charge >= 0.3 is 23.9 Å². The summed E-state index contributed by atoms with van der Waals surface area (Å²) in [6.45, 7) is 9.78. The van der Waals surface area contributed by atoms with E-state index in [0.717, 1.165) is 27.7 Å². The van der Waals surface area contributed by atoms with Crippen LogP contribution in [0.3, 0.4) is 0 Å². The predicted molar refractivity (Wildman–Crippen MR) is 145 cm³/mol. The number of nitrogens with two attached hydrogens (primary N) is 1. The summed E-state index contributed by atoms with van der Waals surface area (Å²) in [5.74, 6) is -6.52. The molecule has 0 radical (unpaired) electrons. The molecule has 1 fully saturated rings. The van der Waals surface area contributed by atoms with Crippen LogP contribution in [0.5, 0.6) is 0 Å². The average molecular weight is 619 g/mol. The Morgan fingerprint density at radius 1 is 0.814 bits per heavy atom. The Hall–Kier alpha value is -3.83. The molecule has 1 rings (SSSR count). The molecule has 17 heteroatoms. The lowest BCUT2D eigenvalue weighted by atomic mass is 9.95. The van der Waals surface area contributed by atoms with Crippen molar-refractivity contribution in [2.75, 3.05) is 6.61 Å². The fourth-order valence-electron chi connectivity index (χ4n) is 4.13. The van der Waals surface area contributed by atoms with Crippen LogP contribution >= 0.6 is 0 Å². The van der Waals surface area contributed by atoms with Crippen molar-refractivity contribution in [1.29, 1.82) is 0 Å². The van der Waals surface area contributed by atoms with E-state index in [2.05, 4.69) is 16.0 Å². The van der Waals surface area contributed by atoms with Gasteiger partial charge in [-0.3, -0.25) is 28.8 Å². The van der Waals surface area contributed by atoms with Crippen LogP contribution in [0, 0.1) is 5.92 Å². The Labute approximate surface area is 248 Å². The van der Waals surface area contributed by atoms with Gasteiger partial charge in [0.25, 0.3) is 0 Å². The van der Waals surface area contributed by atoms with Gasteiger partial charge in [0.15, 0.2) is 18.5 Å². The number of aliphatic carboxylic acids is 1. The van der Waals surface area contributed by atoms with Crippen molar-refractivity contribution in [3.8, 4) is 0 Å². The van der Waals surface area contributed by atoms with Crippen molar-refractivity contribution in [2.45, 2.75) is 110 Å². The number of ether oxygens (including phenoxy) is 5. The average Bonchev–Trinajstić information content (AvgIpc) is 2.86. The van der Waals surface area contributed by atoms with Gasteiger partial charge < -0.3 is 50.5 Å². The van der Waals surface area contributed by atoms with Crippen molar-refractivity contribution in [1.82, 2.24) is 16.0 Å². The number of nitrogens with one attached hydrogen (secondary N) is 3. The molecule has 0 saturated carbocycles. The Kier molecular flexibility index (Phi) is 14.5. The van der Waals surface area contributed by atoms with Crippen LogP contribution < -0.4 is 21.7 Å². The second-order valence-corrected chi connectivity index (χ2v) is 10.4. The zero-order valence-electron chi connectivity index (χ0n) is 25.4. The molecule has 0 aromatic rings. The monoisotopic (exact) mass is 618 g/mol. The minimum absolute atomic E-state index is 0.494. The third-order valence-electron chi connectivity index (χ3n) is 6.11. The van der Waals surface area contributed by atoms with Gasteiger partial charge in [0.05, 0.1) is 12.1 Å². The van der Waals surface area contributed by atoms with E-state index in [9.17, 15) is 38.7 Å². The molecular weight excluding hydrogens is 576 g/mol. The molecule has 0 unspecified atom stereocenters. The third-order valence-corrected chi connectivity index (χ3v) is 6.11. The van der Waals surface area contributed by atoms with Crippen molar-refractivity contribution < 1.29 is 62.4 Å². The first-order valence-electron chi connectivity index (χ1n) is 13.5. The highest BCUT2D eigenvalue weighted by Gasteiger charge is 2.52. The van der Waals surface area contributed by atoms with E-state index < -0.39 is 109 Å². The zero-order chi connectivity index (χ0) is 33.2. The molecular formula is C26H42N4O13. The molecule has 1 heterocycles. The first kappa shape index (κ1) is 37.2. The summed E-state index contributed by atoms with van der Waals surface area (Å²) in [5, 5.41) is 16.8. The Morgan fingerprint density at radius 2 is 1.35 bits per heavy atom. The fourth-order valence-corrected chi connectivity index (χ4v) is 4.13. The minimum Gasteiger partial charge on any atom is -0.480 e. The quantitative estimate of drug-likeness (QED) is 0.105. The number of carboxylic acid groups (broad SMARTS) is 1. The van der Waals surface area contributed by atoms with Crippen molar-refractivity contribution >= 4 is 41.6 Å². The lowest BCUT2D eigenvalue weighted by Gasteiger charge is -2.46. The van der Waals surface area contributed by atoms with E-state index >= 15 is 0 Å². The van der Waals surface area contributed by atoms with Crippen LogP contribution in [-0.4, -0.2) is 108 Å². The number of carbonyl (C=O) groups excluding carboxylic acids is 6. The molecule has 1 aliphatic rings. The molecule has 0 aromatic carbocycles. The van der Waals surface area contributed by atoms with Gasteiger partial charge in [0, 0.05) is 27.7 Å². The molecule has 0 aliphatic carbocycles. The highest BCUT2D eigenvalue weighted by molar-refractivity contribution is 5.92. The van der Waals surface area contributed by atoms with E-state index in [1.807, 2.05) is 0 Å². The number of esters is 3. The first-order chi connectivity index (χ1) is 19.8. The van der Waals surface area contributed by atoms with Crippen LogP contribution in [-0.2, 0) is 57.2 Å². The number of carboxylic acids is 1. The standard InChI is InChI=1S/C26H42N4O13/c1-10(2)18(25(37)38)29-24(36)19(30-23(35)11(3)27)12(4)40-26-20(28-13(5)31)22(42-16(8)34)21(41-15(7)33)17(43-26)9-39-14(6)32/h10-12,17-22,26H,9,27H2,1-8H3,(H,28,31)(H,29,36)(H,30,35)(H,37,38)/t11-,12+,17+,18-,19-,20+,21-,22+,26-/m0/s1. The maximum Gasteiger partial charge on any atom is 0.326 e. The van der Waals surface area contributed by atoms with Crippen LogP contribution in [0.4, 0.5) is 0 Å². The summed E-state index contributed by atoms with van der Waals surface area (Å²) in [6, 6.07) is -5.27. The van der Waals surface area contributed by atoms with E-state index in [1.54, 1.807) is 13.8 Å². The van der Waals surface area contributed by atoms with E-state index in [4.69, 9.17) is 29.4 Å². The lowest BCUT2D eigenvalue weighted by molar-refractivity contribution is -0.287. The topological polar surface area (TPSA) is 248 Å². The molecule has 0 bridgehead atoms. The van der Waals surface area contributed by atoms with Gasteiger partial charge in [-0.05, 0) is 19.8 Å². The van der Waals surface area contributed by atoms with Gasteiger partial charge in [-0.1, -0.05) is 13.8 Å². The van der Waals surface area contributed by atoms with E-state index in [0.29, 0.717) is 0 Å². The number of rotatable bonds is 14. The largest absolute Gasteiger partial charge is 0.480 e. The lowest BCUT2D eigenvalue weighted by Crippen LogP contribution is -2.68. The van der Waals surface area contributed by atoms with Crippen LogP contribution in [0.15, 0.2) is 0 Å². The highest BCUT2D eigenvalue weighted by Crippen LogP contribution is 2.29. The normalized spacial score (nSPS) is 24.4. The number of hydrogen-bond donors (Lipinski definition) is 5. The molecule has 1 saturated heterocycles. The zero-order valence-corrected chi connectivity index (χ0v) is 25.4. The summed E-state index contributed by atoms with van der Waals surface area (Å²) in [4.78, 5) is 85.2. The summed E-state index contributed by atoms with van der Waals surface area (Å²) in [7, 11) is 0. The van der Waals surface area contributed by atoms with Crippen LogP contribution in [0.2, 0.25) is 0 Å². The molecule has 0 spiro atoms. The second kappa shape index (κ2) is 16.7. The summed E-state index contributed by atoms with van der Waals surface area (Å²) in [5.41, 5.74) is 5.66. The predicted octanol–water partition coefficient (Wildman–Crippen LogP) is -1.89. The van der Waals surface area contributed by atoms with Crippen molar-refractivity contribution in [3.63, 3.8) is 0 Å². The molecule has 1 aliphatic heterocycles. The van der Waals surface area contributed by atoms with Gasteiger partial charge in [0.2, 0.25) is 17.7 Å². The van der Waals surface area contributed by atoms with Gasteiger partial charge in [-0.2, -0.15) is 0 Å². The molecule has 43 heavy (non-hydrogen) atoms. The Bertz CT molecular complexity index is 1050. The van der Waals surface area contributed by atoms with Gasteiger partial charge in [-0.25, -0.2) is 4.79 Å². The third kappa shape index (κ3) is 11.8. The maximum atomic E-state index is 13.3. The minimum atomic E-state index is -1.56. The van der Waals surface area contributed by atoms with Crippen LogP contribution in [0.25, 0.3) is 0 Å². The highest BCUT2D eigenvalue weighted by atomic mass is 16.7. The number of carbonyl (C=O) groups is 7. The molecule has 244 valence electrons. The first-order valence-corrected chi connectivity index (χ1v) is 13.5. The molecule has 17 nitrogen and oxygen atoms in total. The van der Waals surface area contributed by atoms with Crippen LogP contribution in [0.1, 0.15) is 55.4 Å². The number of hydrogen-bond acceptors (Lipinski definition) is 13. The second-order valence-electron chi connectivity index (χ2n) is 10.4.